The van der Waals surface area contributed by atoms with E-state index in [-0.39, 0.29) is 24.0 Å². The van der Waals surface area contributed by atoms with Crippen LogP contribution in [0.2, 0.25) is 0 Å². The monoisotopic (exact) mass is 416 g/mol. The van der Waals surface area contributed by atoms with E-state index in [0.29, 0.717) is 18.7 Å². The summed E-state index contributed by atoms with van der Waals surface area (Å²) in [5, 5.41) is 4.86. The fraction of sp³-hybridized carbons (Fsp3) is 0.308. The third kappa shape index (κ3) is 4.41. The van der Waals surface area contributed by atoms with Crippen molar-refractivity contribution in [2.75, 3.05) is 13.1 Å². The van der Waals surface area contributed by atoms with Crippen LogP contribution in [0.25, 0.3) is 21.9 Å². The molecule has 3 aromatic rings. The van der Waals surface area contributed by atoms with Gasteiger partial charge < -0.3 is 15.0 Å². The molecule has 5 heteroatoms. The summed E-state index contributed by atoms with van der Waals surface area (Å²) in [5.74, 6) is 0.776. The lowest BCUT2D eigenvalue weighted by Gasteiger charge is -2.20. The Hall–Kier alpha value is -3.34. The topological polar surface area (TPSA) is 58.6 Å². The van der Waals surface area contributed by atoms with Gasteiger partial charge in [-0.25, -0.2) is 0 Å². The smallest absolute Gasteiger partial charge is 0.254 e. The highest BCUT2D eigenvalue weighted by atomic mass is 16.5. The number of nitrogens with one attached hydrogen (secondary N) is 1. The third-order valence-corrected chi connectivity index (χ3v) is 5.58. The molecule has 1 atom stereocenters. The van der Waals surface area contributed by atoms with Crippen molar-refractivity contribution in [3.63, 3.8) is 0 Å². The molecular weight excluding hydrogens is 388 g/mol. The highest BCUT2D eigenvalue weighted by Crippen LogP contribution is 2.37. The van der Waals surface area contributed by atoms with Gasteiger partial charge in [0.1, 0.15) is 5.75 Å². The van der Waals surface area contributed by atoms with Crippen LogP contribution in [-0.4, -0.2) is 41.9 Å². The summed E-state index contributed by atoms with van der Waals surface area (Å²) in [6.45, 7) is 6.73. The Kier molecular flexibility index (Phi) is 5.94. The lowest BCUT2D eigenvalue weighted by Crippen LogP contribution is -2.37. The van der Waals surface area contributed by atoms with Crippen molar-refractivity contribution in [2.24, 2.45) is 0 Å². The molecule has 1 heterocycles. The lowest BCUT2D eigenvalue weighted by atomic mass is 9.94. The number of nitrogens with zero attached hydrogens (tertiary/aromatic N) is 1. The van der Waals surface area contributed by atoms with Gasteiger partial charge in [0, 0.05) is 37.2 Å². The summed E-state index contributed by atoms with van der Waals surface area (Å²) < 4.78 is 6.04. The first-order chi connectivity index (χ1) is 14.9. The van der Waals surface area contributed by atoms with Crippen LogP contribution in [0.1, 0.15) is 37.6 Å². The molecule has 3 aromatic carbocycles. The molecule has 0 spiro atoms. The van der Waals surface area contributed by atoms with E-state index in [1.807, 2.05) is 67.3 Å². The van der Waals surface area contributed by atoms with E-state index in [2.05, 4.69) is 17.4 Å². The van der Waals surface area contributed by atoms with E-state index in [0.717, 1.165) is 34.1 Å². The number of carbonyl (C=O) groups is 2. The van der Waals surface area contributed by atoms with Crippen LogP contribution in [0.15, 0.2) is 60.7 Å². The molecule has 0 aliphatic carbocycles. The van der Waals surface area contributed by atoms with Crippen molar-refractivity contribution in [3.8, 4) is 16.9 Å². The fourth-order valence-corrected chi connectivity index (χ4v) is 4.29. The van der Waals surface area contributed by atoms with Gasteiger partial charge in [-0.15, -0.1) is 0 Å². The second-order valence-electron chi connectivity index (χ2n) is 8.31. The molecule has 0 saturated carbocycles. The van der Waals surface area contributed by atoms with Gasteiger partial charge in [0.05, 0.1) is 6.10 Å². The maximum atomic E-state index is 13.3. The molecule has 160 valence electrons. The summed E-state index contributed by atoms with van der Waals surface area (Å²) in [4.78, 5) is 26.5. The van der Waals surface area contributed by atoms with Crippen molar-refractivity contribution >= 4 is 22.6 Å². The number of likely N-dealkylation sites (tertiary alicyclic amines) is 1. The number of hydrogen-bond donors (Lipinski definition) is 1. The molecule has 1 fully saturated rings. The molecular formula is C26H28N2O3. The van der Waals surface area contributed by atoms with Crippen molar-refractivity contribution in [1.29, 1.82) is 0 Å². The molecule has 0 bridgehead atoms. The fourth-order valence-electron chi connectivity index (χ4n) is 4.29. The van der Waals surface area contributed by atoms with Crippen LogP contribution in [0.5, 0.6) is 5.75 Å². The predicted molar refractivity (Wildman–Crippen MR) is 123 cm³/mol. The van der Waals surface area contributed by atoms with Crippen LogP contribution < -0.4 is 10.1 Å². The van der Waals surface area contributed by atoms with E-state index < -0.39 is 0 Å². The minimum absolute atomic E-state index is 0.00215. The lowest BCUT2D eigenvalue weighted by molar-refractivity contribution is -0.119. The number of para-hydroxylation sites is 1. The van der Waals surface area contributed by atoms with Gasteiger partial charge in [-0.2, -0.15) is 0 Å². The number of hydrogen-bond acceptors (Lipinski definition) is 3. The highest BCUT2D eigenvalue weighted by molar-refractivity contribution is 6.11. The first kappa shape index (κ1) is 20.9. The van der Waals surface area contributed by atoms with Gasteiger partial charge in [0.25, 0.3) is 5.91 Å². The van der Waals surface area contributed by atoms with Crippen molar-refractivity contribution < 1.29 is 14.3 Å². The average Bonchev–Trinajstić information content (AvgIpc) is 3.20. The Balaban J connectivity index is 1.72. The van der Waals surface area contributed by atoms with Gasteiger partial charge in [-0.3, -0.25) is 9.59 Å². The molecule has 0 aromatic heterocycles. The Labute approximate surface area is 183 Å². The Morgan fingerprint density at radius 1 is 0.968 bits per heavy atom. The number of amides is 2. The molecule has 1 aliphatic rings. The highest BCUT2D eigenvalue weighted by Gasteiger charge is 2.28. The first-order valence-electron chi connectivity index (χ1n) is 10.8. The van der Waals surface area contributed by atoms with E-state index in [1.54, 1.807) is 0 Å². The SMILES string of the molecule is CC(=O)NC1CCN(C(=O)c2ccc(-c3ccccc3OC(C)C)c3ccccc23)C1. The van der Waals surface area contributed by atoms with Gasteiger partial charge in [0.2, 0.25) is 5.91 Å². The Morgan fingerprint density at radius 2 is 1.68 bits per heavy atom. The van der Waals surface area contributed by atoms with E-state index in [4.69, 9.17) is 4.74 Å². The van der Waals surface area contributed by atoms with Crippen molar-refractivity contribution in [1.82, 2.24) is 10.2 Å². The molecule has 4 rings (SSSR count). The summed E-state index contributed by atoms with van der Waals surface area (Å²) in [6.07, 6.45) is 0.848. The van der Waals surface area contributed by atoms with E-state index in [9.17, 15) is 9.59 Å². The normalized spacial score (nSPS) is 16.0. The minimum atomic E-state index is -0.0589. The van der Waals surface area contributed by atoms with Crippen LogP contribution in [0.3, 0.4) is 0 Å². The van der Waals surface area contributed by atoms with Gasteiger partial charge >= 0.3 is 0 Å². The quantitative estimate of drug-likeness (QED) is 0.659. The van der Waals surface area contributed by atoms with Crippen LogP contribution in [0, 0.1) is 0 Å². The Bertz CT molecular complexity index is 1120. The zero-order valence-corrected chi connectivity index (χ0v) is 18.2. The van der Waals surface area contributed by atoms with Crippen LogP contribution in [-0.2, 0) is 4.79 Å². The third-order valence-electron chi connectivity index (χ3n) is 5.58. The van der Waals surface area contributed by atoms with Crippen LogP contribution >= 0.6 is 0 Å². The summed E-state index contributed by atoms with van der Waals surface area (Å²) in [7, 11) is 0. The molecule has 1 aliphatic heterocycles. The van der Waals surface area contributed by atoms with E-state index >= 15 is 0 Å². The Morgan fingerprint density at radius 3 is 2.42 bits per heavy atom. The van der Waals surface area contributed by atoms with Gasteiger partial charge in [-0.05, 0) is 48.7 Å². The predicted octanol–water partition coefficient (Wildman–Crippen LogP) is 4.64. The number of rotatable bonds is 5. The molecule has 5 nitrogen and oxygen atoms in total. The second-order valence-corrected chi connectivity index (χ2v) is 8.31. The number of carbonyl (C=O) groups excluding carboxylic acids is 2. The summed E-state index contributed by atoms with van der Waals surface area (Å²) >= 11 is 0. The summed E-state index contributed by atoms with van der Waals surface area (Å²) in [5.41, 5.74) is 2.74. The van der Waals surface area contributed by atoms with E-state index in [1.165, 1.54) is 6.92 Å². The molecule has 0 radical (unpaired) electrons. The molecule has 1 unspecified atom stereocenters. The summed E-state index contributed by atoms with van der Waals surface area (Å²) in [6, 6.07) is 20.0. The average molecular weight is 417 g/mol. The maximum Gasteiger partial charge on any atom is 0.254 e. The van der Waals surface area contributed by atoms with Crippen LogP contribution in [0.4, 0.5) is 0 Å². The molecule has 2 amide bonds. The number of fused-ring (bicyclic) bond motifs is 1. The molecule has 31 heavy (non-hydrogen) atoms. The maximum absolute atomic E-state index is 13.3. The number of benzene rings is 3. The zero-order chi connectivity index (χ0) is 22.0. The number of ether oxygens (including phenoxy) is 1. The second kappa shape index (κ2) is 8.80. The van der Waals surface area contributed by atoms with Gasteiger partial charge in [0.15, 0.2) is 0 Å². The zero-order valence-electron chi connectivity index (χ0n) is 18.2. The largest absolute Gasteiger partial charge is 0.490 e. The minimum Gasteiger partial charge on any atom is -0.490 e. The van der Waals surface area contributed by atoms with Crippen molar-refractivity contribution in [3.05, 3.63) is 66.2 Å². The molecule has 1 N–H and O–H groups in total. The standard InChI is InChI=1S/C26H28N2O3/c1-17(2)31-25-11-7-6-10-23(25)22-12-13-24(21-9-5-4-8-20(21)22)26(30)28-15-14-19(16-28)27-18(3)29/h4-13,17,19H,14-16H2,1-3H3,(H,27,29). The van der Waals surface area contributed by atoms with Crippen molar-refractivity contribution in [2.45, 2.75) is 39.3 Å². The molecule has 1 saturated heterocycles. The van der Waals surface area contributed by atoms with Gasteiger partial charge in [-0.1, -0.05) is 48.5 Å². The first-order valence-corrected chi connectivity index (χ1v) is 10.8.